The van der Waals surface area contributed by atoms with E-state index in [0.29, 0.717) is 26.9 Å². The number of fused-ring (bicyclic) bond motifs is 1. The highest BCUT2D eigenvalue weighted by Gasteiger charge is 2.38. The SMILES string of the molecule is O=C(Oc1cccc(N2C(=O)c3ccccc3C2=O)c1)[C@@H]1CC(=O)N(c2cc(Cl)ccc2Cl)C1. The molecule has 0 aromatic heterocycles. The van der Waals surface area contributed by atoms with E-state index < -0.39 is 23.7 Å². The van der Waals surface area contributed by atoms with Crippen LogP contribution in [0.1, 0.15) is 27.1 Å². The van der Waals surface area contributed by atoms with E-state index in [1.807, 2.05) is 0 Å². The average molecular weight is 495 g/mol. The minimum atomic E-state index is -0.717. The molecule has 3 aromatic carbocycles. The van der Waals surface area contributed by atoms with Crippen molar-refractivity contribution in [2.45, 2.75) is 6.42 Å². The number of ether oxygens (including phenoxy) is 1. The van der Waals surface area contributed by atoms with Crippen LogP contribution in [0.4, 0.5) is 11.4 Å². The van der Waals surface area contributed by atoms with Crippen LogP contribution in [0.3, 0.4) is 0 Å². The summed E-state index contributed by atoms with van der Waals surface area (Å²) in [5, 5.41) is 0.767. The fourth-order valence-electron chi connectivity index (χ4n) is 4.10. The van der Waals surface area contributed by atoms with Gasteiger partial charge in [-0.2, -0.15) is 0 Å². The van der Waals surface area contributed by atoms with E-state index in [-0.39, 0.29) is 30.3 Å². The van der Waals surface area contributed by atoms with Gasteiger partial charge in [0.1, 0.15) is 5.75 Å². The molecule has 9 heteroatoms. The molecular weight excluding hydrogens is 479 g/mol. The summed E-state index contributed by atoms with van der Waals surface area (Å²) < 4.78 is 5.51. The van der Waals surface area contributed by atoms with Crippen LogP contribution in [0.2, 0.25) is 10.0 Å². The fraction of sp³-hybridized carbons (Fsp3) is 0.120. The summed E-state index contributed by atoms with van der Waals surface area (Å²) in [5.74, 6) is -2.32. The number of hydrogen-bond acceptors (Lipinski definition) is 5. The van der Waals surface area contributed by atoms with E-state index in [1.54, 1.807) is 60.7 Å². The molecule has 0 saturated carbocycles. The Morgan fingerprint density at radius 1 is 0.882 bits per heavy atom. The van der Waals surface area contributed by atoms with Gasteiger partial charge in [-0.1, -0.05) is 41.4 Å². The molecule has 2 aliphatic rings. The van der Waals surface area contributed by atoms with Crippen molar-refractivity contribution < 1.29 is 23.9 Å². The van der Waals surface area contributed by atoms with E-state index >= 15 is 0 Å². The second kappa shape index (κ2) is 8.59. The van der Waals surface area contributed by atoms with Crippen LogP contribution in [0.5, 0.6) is 5.75 Å². The summed E-state index contributed by atoms with van der Waals surface area (Å²) in [4.78, 5) is 53.3. The van der Waals surface area contributed by atoms with Crippen LogP contribution in [0.25, 0.3) is 0 Å². The number of imide groups is 1. The van der Waals surface area contributed by atoms with Crippen LogP contribution in [0, 0.1) is 5.92 Å². The molecule has 2 aliphatic heterocycles. The molecule has 2 heterocycles. The molecule has 0 bridgehead atoms. The van der Waals surface area contributed by atoms with Crippen molar-refractivity contribution in [1.29, 1.82) is 0 Å². The number of carbonyl (C=O) groups excluding carboxylic acids is 4. The Hall–Kier alpha value is -3.68. The smallest absolute Gasteiger partial charge is 0.316 e. The fourth-order valence-corrected chi connectivity index (χ4v) is 4.49. The van der Waals surface area contributed by atoms with Crippen LogP contribution in [0.15, 0.2) is 66.7 Å². The van der Waals surface area contributed by atoms with Crippen molar-refractivity contribution in [3.8, 4) is 5.75 Å². The quantitative estimate of drug-likeness (QED) is 0.296. The molecule has 0 N–H and O–H groups in total. The third kappa shape index (κ3) is 3.83. The zero-order chi connectivity index (χ0) is 24.0. The van der Waals surface area contributed by atoms with Crippen molar-refractivity contribution >= 4 is 58.3 Å². The molecule has 0 aliphatic carbocycles. The Morgan fingerprint density at radius 3 is 2.29 bits per heavy atom. The summed E-state index contributed by atoms with van der Waals surface area (Å²) in [6.45, 7) is 0.0931. The third-order valence-electron chi connectivity index (χ3n) is 5.75. The number of anilines is 2. The first-order valence-electron chi connectivity index (χ1n) is 10.4. The summed E-state index contributed by atoms with van der Waals surface area (Å²) >= 11 is 12.2. The second-order valence-electron chi connectivity index (χ2n) is 7.91. The van der Waals surface area contributed by atoms with Gasteiger partial charge in [-0.05, 0) is 42.5 Å². The topological polar surface area (TPSA) is 84.0 Å². The normalized spacial score (nSPS) is 17.4. The Balaban J connectivity index is 1.32. The zero-order valence-electron chi connectivity index (χ0n) is 17.5. The molecule has 0 spiro atoms. The molecule has 1 atom stereocenters. The lowest BCUT2D eigenvalue weighted by Gasteiger charge is -2.18. The molecule has 7 nitrogen and oxygen atoms in total. The van der Waals surface area contributed by atoms with E-state index in [2.05, 4.69) is 0 Å². The van der Waals surface area contributed by atoms with Gasteiger partial charge < -0.3 is 9.64 Å². The van der Waals surface area contributed by atoms with Gasteiger partial charge in [0, 0.05) is 24.1 Å². The highest BCUT2D eigenvalue weighted by molar-refractivity contribution is 6.36. The minimum Gasteiger partial charge on any atom is -0.426 e. The highest BCUT2D eigenvalue weighted by atomic mass is 35.5. The Labute approximate surface area is 204 Å². The van der Waals surface area contributed by atoms with Crippen molar-refractivity contribution in [2.75, 3.05) is 16.3 Å². The van der Waals surface area contributed by atoms with Gasteiger partial charge in [-0.25, -0.2) is 4.90 Å². The first-order chi connectivity index (χ1) is 16.3. The van der Waals surface area contributed by atoms with Gasteiger partial charge in [0.05, 0.1) is 33.4 Å². The van der Waals surface area contributed by atoms with E-state index in [9.17, 15) is 19.2 Å². The van der Waals surface area contributed by atoms with Crippen molar-refractivity contribution in [1.82, 2.24) is 0 Å². The molecule has 0 unspecified atom stereocenters. The zero-order valence-corrected chi connectivity index (χ0v) is 19.0. The third-order valence-corrected chi connectivity index (χ3v) is 6.30. The molecule has 1 saturated heterocycles. The van der Waals surface area contributed by atoms with Gasteiger partial charge in [0.15, 0.2) is 0 Å². The molecule has 5 rings (SSSR count). The number of amides is 3. The predicted octanol–water partition coefficient (Wildman–Crippen LogP) is 4.75. The monoisotopic (exact) mass is 494 g/mol. The van der Waals surface area contributed by atoms with Gasteiger partial charge in [-0.15, -0.1) is 0 Å². The van der Waals surface area contributed by atoms with Crippen LogP contribution >= 0.6 is 23.2 Å². The van der Waals surface area contributed by atoms with E-state index in [4.69, 9.17) is 27.9 Å². The highest BCUT2D eigenvalue weighted by Crippen LogP contribution is 2.35. The average Bonchev–Trinajstić information content (AvgIpc) is 3.33. The van der Waals surface area contributed by atoms with Crippen LogP contribution in [-0.2, 0) is 9.59 Å². The molecule has 0 radical (unpaired) electrons. The number of esters is 1. The van der Waals surface area contributed by atoms with Crippen molar-refractivity contribution in [2.24, 2.45) is 5.92 Å². The minimum absolute atomic E-state index is 0.0419. The van der Waals surface area contributed by atoms with Gasteiger partial charge in [0.2, 0.25) is 5.91 Å². The predicted molar refractivity (Wildman–Crippen MR) is 127 cm³/mol. The number of rotatable bonds is 4. The summed E-state index contributed by atoms with van der Waals surface area (Å²) in [7, 11) is 0. The molecule has 3 amide bonds. The molecule has 34 heavy (non-hydrogen) atoms. The number of hydrogen-bond donors (Lipinski definition) is 0. The molecule has 170 valence electrons. The molecule has 3 aromatic rings. The Bertz CT molecular complexity index is 1340. The lowest BCUT2D eigenvalue weighted by molar-refractivity contribution is -0.139. The lowest BCUT2D eigenvalue weighted by atomic mass is 10.1. The number of benzene rings is 3. The largest absolute Gasteiger partial charge is 0.426 e. The summed E-state index contributed by atoms with van der Waals surface area (Å²) in [5.41, 5.74) is 1.35. The standard InChI is InChI=1S/C25H16Cl2N2O5/c26-15-8-9-20(27)21(11-15)28-13-14(10-22(28)30)25(33)34-17-5-3-4-16(12-17)29-23(31)18-6-1-2-7-19(18)24(29)32/h1-9,11-12,14H,10,13H2/t14-/m1/s1. The van der Waals surface area contributed by atoms with Crippen LogP contribution in [-0.4, -0.2) is 30.2 Å². The van der Waals surface area contributed by atoms with Gasteiger partial charge in [0.25, 0.3) is 11.8 Å². The number of halogens is 2. The van der Waals surface area contributed by atoms with Gasteiger partial charge >= 0.3 is 5.97 Å². The maximum Gasteiger partial charge on any atom is 0.316 e. The molecule has 1 fully saturated rings. The lowest BCUT2D eigenvalue weighted by Crippen LogP contribution is -2.29. The summed E-state index contributed by atoms with van der Waals surface area (Å²) in [6, 6.07) is 17.5. The maximum absolute atomic E-state index is 12.8. The Kier molecular flexibility index (Phi) is 5.59. The Morgan fingerprint density at radius 2 is 1.59 bits per heavy atom. The number of nitrogens with zero attached hydrogens (tertiary/aromatic N) is 2. The van der Waals surface area contributed by atoms with E-state index in [0.717, 1.165) is 4.90 Å². The van der Waals surface area contributed by atoms with E-state index in [1.165, 1.54) is 11.0 Å². The first-order valence-corrected chi connectivity index (χ1v) is 11.1. The maximum atomic E-state index is 12.8. The van der Waals surface area contributed by atoms with Crippen molar-refractivity contribution in [3.05, 3.63) is 87.9 Å². The molecular formula is C25H16Cl2N2O5. The summed E-state index contributed by atoms with van der Waals surface area (Å²) in [6.07, 6.45) is -0.0419. The first kappa shape index (κ1) is 22.1. The van der Waals surface area contributed by atoms with Crippen LogP contribution < -0.4 is 14.5 Å². The van der Waals surface area contributed by atoms with Gasteiger partial charge in [-0.3, -0.25) is 19.2 Å². The van der Waals surface area contributed by atoms with Crippen molar-refractivity contribution in [3.63, 3.8) is 0 Å². The second-order valence-corrected chi connectivity index (χ2v) is 8.75. The number of carbonyl (C=O) groups is 4.